The summed E-state index contributed by atoms with van der Waals surface area (Å²) in [7, 11) is 1.69. The minimum atomic E-state index is 0.160. The van der Waals surface area contributed by atoms with Gasteiger partial charge in [0.25, 0.3) is 0 Å². The average Bonchev–Trinajstić information content (AvgIpc) is 2.69. The molecule has 0 bridgehead atoms. The van der Waals surface area contributed by atoms with Gasteiger partial charge >= 0.3 is 0 Å². The van der Waals surface area contributed by atoms with Gasteiger partial charge in [0.15, 0.2) is 0 Å². The van der Waals surface area contributed by atoms with E-state index in [1.165, 1.54) is 0 Å². The Kier molecular flexibility index (Phi) is 8.11. The molecule has 0 aliphatic carbocycles. The summed E-state index contributed by atoms with van der Waals surface area (Å²) >= 11 is 0. The molecule has 2 unspecified atom stereocenters. The van der Waals surface area contributed by atoms with Crippen LogP contribution in [0.2, 0.25) is 0 Å². The quantitative estimate of drug-likeness (QED) is 0.756. The Morgan fingerprint density at radius 2 is 2.00 bits per heavy atom. The van der Waals surface area contributed by atoms with Gasteiger partial charge in [0, 0.05) is 39.7 Å². The van der Waals surface area contributed by atoms with Crippen molar-refractivity contribution in [3.05, 3.63) is 0 Å². The zero-order chi connectivity index (χ0) is 15.0. The number of nitrogens with two attached hydrogens (primary N) is 1. The lowest BCUT2D eigenvalue weighted by Gasteiger charge is -2.24. The van der Waals surface area contributed by atoms with E-state index in [1.54, 1.807) is 7.11 Å². The monoisotopic (exact) mass is 285 g/mol. The molecule has 1 aliphatic heterocycles. The van der Waals surface area contributed by atoms with Crippen molar-refractivity contribution in [2.75, 3.05) is 46.4 Å². The predicted octanol–water partition coefficient (Wildman–Crippen LogP) is 0.931. The van der Waals surface area contributed by atoms with Crippen LogP contribution >= 0.6 is 0 Å². The van der Waals surface area contributed by atoms with Gasteiger partial charge in [0.1, 0.15) is 0 Å². The third-order valence-corrected chi connectivity index (χ3v) is 4.08. The summed E-state index contributed by atoms with van der Waals surface area (Å²) in [6.07, 6.45) is 2.62. The second-order valence-corrected chi connectivity index (χ2v) is 5.96. The fourth-order valence-corrected chi connectivity index (χ4v) is 2.52. The fraction of sp³-hybridized carbons (Fsp3) is 0.933. The Morgan fingerprint density at radius 3 is 2.65 bits per heavy atom. The highest BCUT2D eigenvalue weighted by molar-refractivity contribution is 5.76. The average molecular weight is 285 g/mol. The lowest BCUT2D eigenvalue weighted by Crippen LogP contribution is -2.37. The van der Waals surface area contributed by atoms with E-state index in [1.807, 2.05) is 11.8 Å². The summed E-state index contributed by atoms with van der Waals surface area (Å²) in [5.41, 5.74) is 5.68. The Hall–Kier alpha value is -0.650. The number of ether oxygens (including phenoxy) is 1. The Balaban J connectivity index is 2.33. The zero-order valence-corrected chi connectivity index (χ0v) is 13.3. The van der Waals surface area contributed by atoms with Crippen molar-refractivity contribution in [2.24, 2.45) is 11.7 Å². The summed E-state index contributed by atoms with van der Waals surface area (Å²) in [6, 6.07) is 0. The third kappa shape index (κ3) is 6.20. The largest absolute Gasteiger partial charge is 0.382 e. The highest BCUT2D eigenvalue weighted by Crippen LogP contribution is 2.09. The molecule has 0 aromatic carbocycles. The molecule has 1 saturated heterocycles. The van der Waals surface area contributed by atoms with E-state index in [0.29, 0.717) is 12.3 Å². The lowest BCUT2D eigenvalue weighted by atomic mass is 10.1. The molecule has 2 atom stereocenters. The van der Waals surface area contributed by atoms with Crippen molar-refractivity contribution in [1.29, 1.82) is 0 Å². The molecule has 20 heavy (non-hydrogen) atoms. The second kappa shape index (κ2) is 9.32. The van der Waals surface area contributed by atoms with Gasteiger partial charge in [-0.2, -0.15) is 0 Å². The minimum absolute atomic E-state index is 0.160. The van der Waals surface area contributed by atoms with Crippen molar-refractivity contribution in [1.82, 2.24) is 9.80 Å². The first-order valence-electron chi connectivity index (χ1n) is 7.79. The van der Waals surface area contributed by atoms with Crippen molar-refractivity contribution in [3.63, 3.8) is 0 Å². The first-order valence-corrected chi connectivity index (χ1v) is 7.79. The smallest absolute Gasteiger partial charge is 0.222 e. The fourth-order valence-electron chi connectivity index (χ4n) is 2.52. The Labute approximate surface area is 123 Å². The van der Waals surface area contributed by atoms with Gasteiger partial charge < -0.3 is 20.3 Å². The van der Waals surface area contributed by atoms with Gasteiger partial charge in [0.2, 0.25) is 5.91 Å². The van der Waals surface area contributed by atoms with Crippen LogP contribution < -0.4 is 5.73 Å². The number of amides is 1. The number of carbonyl (C=O) groups is 1. The normalized spacial score (nSPS) is 20.5. The van der Waals surface area contributed by atoms with E-state index in [0.717, 1.165) is 52.1 Å². The van der Waals surface area contributed by atoms with Gasteiger partial charge in [-0.25, -0.2) is 0 Å². The summed E-state index contributed by atoms with van der Waals surface area (Å²) in [5.74, 6) is 0.794. The standard InChI is InChI=1S/C15H31N3O2/c1-13(11-16)12-17-7-4-8-18(10-9-17)15(19)6-5-14(2)20-3/h13-14H,4-12,16H2,1-3H3. The molecule has 1 heterocycles. The van der Waals surface area contributed by atoms with Crippen molar-refractivity contribution in [2.45, 2.75) is 39.2 Å². The van der Waals surface area contributed by atoms with E-state index in [2.05, 4.69) is 11.8 Å². The summed E-state index contributed by atoms with van der Waals surface area (Å²) in [5, 5.41) is 0. The minimum Gasteiger partial charge on any atom is -0.382 e. The maximum Gasteiger partial charge on any atom is 0.222 e. The molecule has 1 rings (SSSR count). The van der Waals surface area contributed by atoms with E-state index >= 15 is 0 Å². The highest BCUT2D eigenvalue weighted by Gasteiger charge is 2.20. The number of hydrogen-bond acceptors (Lipinski definition) is 4. The number of nitrogens with zero attached hydrogens (tertiary/aromatic N) is 2. The SMILES string of the molecule is COC(C)CCC(=O)N1CCCN(CC(C)CN)CC1. The molecule has 5 heteroatoms. The van der Waals surface area contributed by atoms with Crippen LogP contribution in [0.4, 0.5) is 0 Å². The number of carbonyl (C=O) groups excluding carboxylic acids is 1. The van der Waals surface area contributed by atoms with Crippen LogP contribution in [-0.4, -0.2) is 68.2 Å². The first-order chi connectivity index (χ1) is 9.56. The van der Waals surface area contributed by atoms with E-state index in [9.17, 15) is 4.79 Å². The molecule has 0 aromatic rings. The van der Waals surface area contributed by atoms with Gasteiger partial charge in [-0.15, -0.1) is 0 Å². The molecule has 0 spiro atoms. The van der Waals surface area contributed by atoms with Crippen LogP contribution in [0.1, 0.15) is 33.1 Å². The van der Waals surface area contributed by atoms with Crippen LogP contribution in [0.15, 0.2) is 0 Å². The molecule has 5 nitrogen and oxygen atoms in total. The van der Waals surface area contributed by atoms with Crippen LogP contribution in [0.25, 0.3) is 0 Å². The van der Waals surface area contributed by atoms with Crippen LogP contribution in [-0.2, 0) is 9.53 Å². The molecule has 0 saturated carbocycles. The number of rotatable bonds is 7. The molecule has 1 fully saturated rings. The van der Waals surface area contributed by atoms with Crippen LogP contribution in [0, 0.1) is 5.92 Å². The molecular formula is C15H31N3O2. The number of hydrogen-bond donors (Lipinski definition) is 1. The molecule has 118 valence electrons. The van der Waals surface area contributed by atoms with Crippen molar-refractivity contribution in [3.8, 4) is 0 Å². The van der Waals surface area contributed by atoms with Gasteiger partial charge in [-0.1, -0.05) is 6.92 Å². The lowest BCUT2D eigenvalue weighted by molar-refractivity contribution is -0.131. The summed E-state index contributed by atoms with van der Waals surface area (Å²) < 4.78 is 5.19. The molecule has 1 amide bonds. The molecule has 0 radical (unpaired) electrons. The zero-order valence-electron chi connectivity index (χ0n) is 13.3. The Bertz CT molecular complexity index is 286. The maximum absolute atomic E-state index is 12.2. The van der Waals surface area contributed by atoms with Crippen molar-refractivity contribution < 1.29 is 9.53 Å². The maximum atomic E-state index is 12.2. The van der Waals surface area contributed by atoms with Crippen LogP contribution in [0.3, 0.4) is 0 Å². The van der Waals surface area contributed by atoms with Gasteiger partial charge in [0.05, 0.1) is 6.10 Å². The second-order valence-electron chi connectivity index (χ2n) is 5.96. The van der Waals surface area contributed by atoms with Crippen LogP contribution in [0.5, 0.6) is 0 Å². The summed E-state index contributed by atoms with van der Waals surface area (Å²) in [4.78, 5) is 16.6. The molecule has 0 aromatic heterocycles. The highest BCUT2D eigenvalue weighted by atomic mass is 16.5. The first kappa shape index (κ1) is 17.4. The van der Waals surface area contributed by atoms with Gasteiger partial charge in [-0.3, -0.25) is 4.79 Å². The predicted molar refractivity (Wildman–Crippen MR) is 81.6 cm³/mol. The van der Waals surface area contributed by atoms with E-state index < -0.39 is 0 Å². The number of methoxy groups -OCH3 is 1. The third-order valence-electron chi connectivity index (χ3n) is 4.08. The topological polar surface area (TPSA) is 58.8 Å². The molecule has 2 N–H and O–H groups in total. The van der Waals surface area contributed by atoms with E-state index in [-0.39, 0.29) is 12.0 Å². The summed E-state index contributed by atoms with van der Waals surface area (Å²) in [6.45, 7) is 9.72. The van der Waals surface area contributed by atoms with Crippen molar-refractivity contribution >= 4 is 5.91 Å². The van der Waals surface area contributed by atoms with E-state index in [4.69, 9.17) is 10.5 Å². The Morgan fingerprint density at radius 1 is 1.25 bits per heavy atom. The van der Waals surface area contributed by atoms with Gasteiger partial charge in [-0.05, 0) is 38.8 Å². The molecular weight excluding hydrogens is 254 g/mol. The molecule has 1 aliphatic rings.